The summed E-state index contributed by atoms with van der Waals surface area (Å²) in [6.45, 7) is 2.09. The lowest BCUT2D eigenvalue weighted by Crippen LogP contribution is -2.04. The van der Waals surface area contributed by atoms with E-state index in [0.29, 0.717) is 18.7 Å². The van der Waals surface area contributed by atoms with Gasteiger partial charge in [-0.2, -0.15) is 0 Å². The molecule has 0 aliphatic carbocycles. The minimum atomic E-state index is 0.215. The molecule has 0 aliphatic heterocycles. The SMILES string of the molecule is CCc1ccc(CC(=O)CCCCl)nc1. The summed E-state index contributed by atoms with van der Waals surface area (Å²) >= 11 is 5.52. The second kappa shape index (κ2) is 6.57. The molecule has 0 atom stereocenters. The van der Waals surface area contributed by atoms with E-state index >= 15 is 0 Å². The number of nitrogens with zero attached hydrogens (tertiary/aromatic N) is 1. The van der Waals surface area contributed by atoms with Gasteiger partial charge in [0.05, 0.1) is 0 Å². The topological polar surface area (TPSA) is 30.0 Å². The molecule has 15 heavy (non-hydrogen) atoms. The summed E-state index contributed by atoms with van der Waals surface area (Å²) in [7, 11) is 0. The minimum absolute atomic E-state index is 0.215. The predicted molar refractivity (Wildman–Crippen MR) is 62.3 cm³/mol. The van der Waals surface area contributed by atoms with Crippen LogP contribution in [0.15, 0.2) is 18.3 Å². The summed E-state index contributed by atoms with van der Waals surface area (Å²) in [5.74, 6) is 0.765. The van der Waals surface area contributed by atoms with Gasteiger partial charge in [-0.05, 0) is 24.5 Å². The Kier molecular flexibility index (Phi) is 5.33. The van der Waals surface area contributed by atoms with E-state index in [4.69, 9.17) is 11.6 Å². The van der Waals surface area contributed by atoms with Crippen LogP contribution in [-0.4, -0.2) is 16.6 Å². The lowest BCUT2D eigenvalue weighted by Gasteiger charge is -2.01. The van der Waals surface area contributed by atoms with Crippen LogP contribution in [0.3, 0.4) is 0 Å². The van der Waals surface area contributed by atoms with Crippen molar-refractivity contribution in [1.82, 2.24) is 4.98 Å². The first-order chi connectivity index (χ1) is 7.26. The highest BCUT2D eigenvalue weighted by Gasteiger charge is 2.04. The molecule has 2 nitrogen and oxygen atoms in total. The highest BCUT2D eigenvalue weighted by Crippen LogP contribution is 2.04. The van der Waals surface area contributed by atoms with Crippen molar-refractivity contribution in [3.8, 4) is 0 Å². The van der Waals surface area contributed by atoms with Gasteiger partial charge in [0.15, 0.2) is 0 Å². The van der Waals surface area contributed by atoms with E-state index in [1.807, 2.05) is 18.3 Å². The number of aromatic nitrogens is 1. The molecule has 1 aromatic rings. The van der Waals surface area contributed by atoms with E-state index in [2.05, 4.69) is 11.9 Å². The second-order valence-electron chi connectivity index (χ2n) is 3.52. The minimum Gasteiger partial charge on any atom is -0.299 e. The fraction of sp³-hybridized carbons (Fsp3) is 0.500. The van der Waals surface area contributed by atoms with Crippen molar-refractivity contribution in [2.45, 2.75) is 32.6 Å². The normalized spacial score (nSPS) is 10.3. The van der Waals surface area contributed by atoms with E-state index in [-0.39, 0.29) is 5.78 Å². The maximum absolute atomic E-state index is 11.4. The number of carbonyl (C=O) groups is 1. The third-order valence-electron chi connectivity index (χ3n) is 2.26. The number of hydrogen-bond acceptors (Lipinski definition) is 2. The van der Waals surface area contributed by atoms with Crippen LogP contribution in [0.2, 0.25) is 0 Å². The number of rotatable bonds is 6. The summed E-state index contributed by atoms with van der Waals surface area (Å²) in [4.78, 5) is 15.7. The van der Waals surface area contributed by atoms with Gasteiger partial charge in [0, 0.05) is 30.6 Å². The Hall–Kier alpha value is -0.890. The zero-order valence-electron chi connectivity index (χ0n) is 9.00. The van der Waals surface area contributed by atoms with E-state index in [9.17, 15) is 4.79 Å². The van der Waals surface area contributed by atoms with Gasteiger partial charge in [-0.1, -0.05) is 13.0 Å². The fourth-order valence-corrected chi connectivity index (χ4v) is 1.46. The van der Waals surface area contributed by atoms with Gasteiger partial charge in [0.1, 0.15) is 5.78 Å². The molecule has 0 saturated heterocycles. The van der Waals surface area contributed by atoms with Crippen LogP contribution in [0.1, 0.15) is 31.0 Å². The van der Waals surface area contributed by atoms with Crippen molar-refractivity contribution in [2.24, 2.45) is 0 Å². The molecule has 0 saturated carbocycles. The largest absolute Gasteiger partial charge is 0.299 e. The number of hydrogen-bond donors (Lipinski definition) is 0. The third-order valence-corrected chi connectivity index (χ3v) is 2.53. The molecule has 0 spiro atoms. The first kappa shape index (κ1) is 12.2. The lowest BCUT2D eigenvalue weighted by atomic mass is 10.1. The summed E-state index contributed by atoms with van der Waals surface area (Å²) in [5.41, 5.74) is 2.05. The summed E-state index contributed by atoms with van der Waals surface area (Å²) in [6.07, 6.45) is 4.56. The summed E-state index contributed by atoms with van der Waals surface area (Å²) in [6, 6.07) is 3.95. The number of halogens is 1. The van der Waals surface area contributed by atoms with Crippen LogP contribution in [0.5, 0.6) is 0 Å². The Balaban J connectivity index is 2.46. The Bertz CT molecular complexity index is 308. The highest BCUT2D eigenvalue weighted by molar-refractivity contribution is 6.17. The molecule has 1 rings (SSSR count). The molecule has 0 amide bonds. The first-order valence-electron chi connectivity index (χ1n) is 5.27. The molecule has 1 aromatic heterocycles. The Morgan fingerprint density at radius 1 is 1.47 bits per heavy atom. The second-order valence-corrected chi connectivity index (χ2v) is 3.90. The molecule has 1 heterocycles. The van der Waals surface area contributed by atoms with Crippen LogP contribution < -0.4 is 0 Å². The average molecular weight is 226 g/mol. The average Bonchev–Trinajstić information content (AvgIpc) is 2.27. The van der Waals surface area contributed by atoms with E-state index in [0.717, 1.165) is 18.5 Å². The number of pyridine rings is 1. The molecule has 0 N–H and O–H groups in total. The van der Waals surface area contributed by atoms with E-state index in [1.165, 1.54) is 5.56 Å². The molecule has 0 unspecified atom stereocenters. The van der Waals surface area contributed by atoms with Gasteiger partial charge in [-0.15, -0.1) is 11.6 Å². The van der Waals surface area contributed by atoms with Crippen molar-refractivity contribution in [3.05, 3.63) is 29.6 Å². The monoisotopic (exact) mass is 225 g/mol. The van der Waals surface area contributed by atoms with Crippen molar-refractivity contribution in [2.75, 3.05) is 5.88 Å². The Labute approximate surface area is 95.7 Å². The maximum atomic E-state index is 11.4. The first-order valence-corrected chi connectivity index (χ1v) is 5.81. The van der Waals surface area contributed by atoms with Crippen molar-refractivity contribution >= 4 is 17.4 Å². The van der Waals surface area contributed by atoms with Crippen molar-refractivity contribution in [3.63, 3.8) is 0 Å². The number of alkyl halides is 1. The molecule has 0 bridgehead atoms. The van der Waals surface area contributed by atoms with Gasteiger partial charge in [-0.3, -0.25) is 9.78 Å². The molecule has 0 radical (unpaired) electrons. The highest BCUT2D eigenvalue weighted by atomic mass is 35.5. The Morgan fingerprint density at radius 2 is 2.27 bits per heavy atom. The van der Waals surface area contributed by atoms with Gasteiger partial charge in [0.25, 0.3) is 0 Å². The van der Waals surface area contributed by atoms with Crippen molar-refractivity contribution in [1.29, 1.82) is 0 Å². The zero-order chi connectivity index (χ0) is 11.1. The van der Waals surface area contributed by atoms with Crippen molar-refractivity contribution < 1.29 is 4.79 Å². The molecule has 0 aliphatic rings. The molecule has 0 fully saturated rings. The summed E-state index contributed by atoms with van der Waals surface area (Å²) in [5, 5.41) is 0. The van der Waals surface area contributed by atoms with E-state index in [1.54, 1.807) is 0 Å². The smallest absolute Gasteiger partial charge is 0.138 e. The quantitative estimate of drug-likeness (QED) is 0.697. The van der Waals surface area contributed by atoms with Crippen LogP contribution in [0.4, 0.5) is 0 Å². The third kappa shape index (κ3) is 4.43. The fourth-order valence-electron chi connectivity index (χ4n) is 1.32. The van der Waals surface area contributed by atoms with Crippen LogP contribution in [0, 0.1) is 0 Å². The number of carbonyl (C=O) groups excluding carboxylic acids is 1. The molecule has 82 valence electrons. The maximum Gasteiger partial charge on any atom is 0.138 e. The van der Waals surface area contributed by atoms with Crippen LogP contribution in [-0.2, 0) is 17.6 Å². The number of aryl methyl sites for hydroxylation is 1. The summed E-state index contributed by atoms with van der Waals surface area (Å²) < 4.78 is 0. The number of Topliss-reactive ketones (excluding diaryl/α,β-unsaturated/α-hetero) is 1. The molecule has 0 aromatic carbocycles. The molecule has 3 heteroatoms. The van der Waals surface area contributed by atoms with E-state index < -0.39 is 0 Å². The van der Waals surface area contributed by atoms with Gasteiger partial charge in [-0.25, -0.2) is 0 Å². The van der Waals surface area contributed by atoms with Crippen LogP contribution >= 0.6 is 11.6 Å². The van der Waals surface area contributed by atoms with Gasteiger partial charge >= 0.3 is 0 Å². The Morgan fingerprint density at radius 3 is 2.80 bits per heavy atom. The number of ketones is 1. The molecular formula is C12H16ClNO. The standard InChI is InChI=1S/C12H16ClNO/c1-2-10-5-6-11(14-9-10)8-12(15)4-3-7-13/h5-6,9H,2-4,7-8H2,1H3. The van der Waals surface area contributed by atoms with Crippen LogP contribution in [0.25, 0.3) is 0 Å². The van der Waals surface area contributed by atoms with Gasteiger partial charge in [0.2, 0.25) is 0 Å². The lowest BCUT2D eigenvalue weighted by molar-refractivity contribution is -0.118. The predicted octanol–water partition coefficient (Wildman–Crippen LogP) is 2.77. The van der Waals surface area contributed by atoms with Gasteiger partial charge < -0.3 is 0 Å². The zero-order valence-corrected chi connectivity index (χ0v) is 9.76. The molecular weight excluding hydrogens is 210 g/mol.